The summed E-state index contributed by atoms with van der Waals surface area (Å²) in [6, 6.07) is 9.33. The third-order valence-electron chi connectivity index (χ3n) is 3.20. The number of esters is 1. The van der Waals surface area contributed by atoms with E-state index in [1.165, 1.54) is 0 Å². The normalized spacial score (nSPS) is 15.6. The van der Waals surface area contributed by atoms with Crippen LogP contribution >= 0.6 is 0 Å². The highest BCUT2D eigenvalue weighted by Crippen LogP contribution is 2.11. The van der Waals surface area contributed by atoms with Crippen molar-refractivity contribution in [1.29, 1.82) is 0 Å². The van der Waals surface area contributed by atoms with Crippen molar-refractivity contribution >= 4 is 5.97 Å². The number of aliphatic hydroxyl groups excluding tert-OH is 1. The zero-order valence-electron chi connectivity index (χ0n) is 11.8. The molecule has 0 aliphatic heterocycles. The van der Waals surface area contributed by atoms with Crippen LogP contribution in [0, 0.1) is 5.92 Å². The third kappa shape index (κ3) is 5.01. The van der Waals surface area contributed by atoms with Gasteiger partial charge in [0.25, 0.3) is 0 Å². The van der Waals surface area contributed by atoms with Crippen molar-refractivity contribution in [2.45, 2.75) is 39.5 Å². The fourth-order valence-corrected chi connectivity index (χ4v) is 1.82. The minimum atomic E-state index is -0.572. The first-order valence-electron chi connectivity index (χ1n) is 6.68. The summed E-state index contributed by atoms with van der Waals surface area (Å²) in [6.45, 7) is 6.21. The summed E-state index contributed by atoms with van der Waals surface area (Å²) in [5, 5.41) is 12.8. The van der Waals surface area contributed by atoms with Crippen LogP contribution in [0.1, 0.15) is 26.3 Å². The Labute approximate surface area is 114 Å². The van der Waals surface area contributed by atoms with Gasteiger partial charge in [0.05, 0.1) is 12.7 Å². The quantitative estimate of drug-likeness (QED) is 0.737. The lowest BCUT2D eigenvalue weighted by Crippen LogP contribution is -2.46. The lowest BCUT2D eigenvalue weighted by atomic mass is 9.96. The number of aliphatic hydroxyl groups is 1. The van der Waals surface area contributed by atoms with Crippen LogP contribution < -0.4 is 5.32 Å². The lowest BCUT2D eigenvalue weighted by molar-refractivity contribution is -0.148. The van der Waals surface area contributed by atoms with E-state index in [0.29, 0.717) is 13.2 Å². The number of carbonyl (C=O) groups is 1. The number of hydrogen-bond acceptors (Lipinski definition) is 4. The van der Waals surface area contributed by atoms with Crippen LogP contribution in [-0.4, -0.2) is 29.8 Å². The first-order chi connectivity index (χ1) is 9.06. The van der Waals surface area contributed by atoms with E-state index in [4.69, 9.17) is 4.74 Å². The van der Waals surface area contributed by atoms with Gasteiger partial charge in [-0.3, -0.25) is 10.1 Å². The van der Waals surface area contributed by atoms with Crippen molar-refractivity contribution < 1.29 is 14.6 Å². The van der Waals surface area contributed by atoms with Crippen molar-refractivity contribution in [3.63, 3.8) is 0 Å². The molecule has 0 spiro atoms. The molecule has 1 aromatic rings. The average molecular weight is 265 g/mol. The standard InChI is InChI=1S/C15H23NO3/c1-4-19-15(18)14(11(2)12(3)17)16-10-13-8-6-5-7-9-13/h5-9,11-12,14,16-17H,4,10H2,1-3H3/t11-,12+,14-/m0/s1. The zero-order chi connectivity index (χ0) is 14.3. The van der Waals surface area contributed by atoms with Crippen LogP contribution in [-0.2, 0) is 16.1 Å². The van der Waals surface area contributed by atoms with Gasteiger partial charge in [0.2, 0.25) is 0 Å². The van der Waals surface area contributed by atoms with Gasteiger partial charge in [-0.25, -0.2) is 0 Å². The molecule has 0 fully saturated rings. The molecule has 4 heteroatoms. The Bertz CT molecular complexity index is 378. The number of benzene rings is 1. The highest BCUT2D eigenvalue weighted by Gasteiger charge is 2.28. The minimum Gasteiger partial charge on any atom is -0.465 e. The largest absolute Gasteiger partial charge is 0.465 e. The summed E-state index contributed by atoms with van der Waals surface area (Å²) in [6.07, 6.45) is -0.572. The Morgan fingerprint density at radius 2 is 1.95 bits per heavy atom. The molecule has 4 nitrogen and oxygen atoms in total. The second-order valence-corrected chi connectivity index (χ2v) is 4.70. The molecule has 0 aromatic heterocycles. The van der Waals surface area contributed by atoms with Gasteiger partial charge < -0.3 is 9.84 Å². The monoisotopic (exact) mass is 265 g/mol. The summed E-state index contributed by atoms with van der Waals surface area (Å²) in [7, 11) is 0. The third-order valence-corrected chi connectivity index (χ3v) is 3.20. The van der Waals surface area contributed by atoms with E-state index < -0.39 is 12.1 Å². The Kier molecular flexibility index (Phi) is 6.53. The Morgan fingerprint density at radius 3 is 2.47 bits per heavy atom. The molecule has 0 heterocycles. The van der Waals surface area contributed by atoms with Crippen LogP contribution in [0.25, 0.3) is 0 Å². The SMILES string of the molecule is CCOC(=O)[C@@H](NCc1ccccc1)[C@@H](C)[C@@H](C)O. The molecule has 0 unspecified atom stereocenters. The topological polar surface area (TPSA) is 58.6 Å². The molecule has 0 saturated heterocycles. The van der Waals surface area contributed by atoms with Crippen molar-refractivity contribution in [1.82, 2.24) is 5.32 Å². The average Bonchev–Trinajstić information content (AvgIpc) is 2.40. The van der Waals surface area contributed by atoms with Crippen molar-refractivity contribution in [2.75, 3.05) is 6.61 Å². The Balaban J connectivity index is 2.66. The van der Waals surface area contributed by atoms with Crippen LogP contribution in [0.3, 0.4) is 0 Å². The summed E-state index contributed by atoms with van der Waals surface area (Å²) >= 11 is 0. The van der Waals surface area contributed by atoms with Gasteiger partial charge in [-0.1, -0.05) is 37.3 Å². The van der Waals surface area contributed by atoms with E-state index in [-0.39, 0.29) is 11.9 Å². The number of carbonyl (C=O) groups excluding carboxylic acids is 1. The maximum Gasteiger partial charge on any atom is 0.323 e. The predicted molar refractivity (Wildman–Crippen MR) is 74.5 cm³/mol. The molecule has 2 N–H and O–H groups in total. The highest BCUT2D eigenvalue weighted by molar-refractivity contribution is 5.76. The van der Waals surface area contributed by atoms with Gasteiger partial charge in [0.15, 0.2) is 0 Å². The first kappa shape index (κ1) is 15.7. The molecule has 0 aliphatic carbocycles. The van der Waals surface area contributed by atoms with Gasteiger partial charge in [0, 0.05) is 12.5 Å². The molecule has 0 saturated carbocycles. The van der Waals surface area contributed by atoms with E-state index >= 15 is 0 Å². The summed E-state index contributed by atoms with van der Waals surface area (Å²) in [5.74, 6) is -0.519. The van der Waals surface area contributed by atoms with Crippen LogP contribution in [0.4, 0.5) is 0 Å². The molecule has 1 aromatic carbocycles. The lowest BCUT2D eigenvalue weighted by Gasteiger charge is -2.25. The molecule has 3 atom stereocenters. The summed E-state index contributed by atoms with van der Waals surface area (Å²) in [5.41, 5.74) is 1.09. The number of hydrogen-bond donors (Lipinski definition) is 2. The molecular formula is C15H23NO3. The number of ether oxygens (including phenoxy) is 1. The molecule has 106 valence electrons. The van der Waals surface area contributed by atoms with Gasteiger partial charge in [0.1, 0.15) is 6.04 Å². The molecule has 0 aliphatic rings. The second-order valence-electron chi connectivity index (χ2n) is 4.70. The van der Waals surface area contributed by atoms with Crippen LogP contribution in [0.5, 0.6) is 0 Å². The maximum atomic E-state index is 11.9. The second kappa shape index (κ2) is 7.92. The van der Waals surface area contributed by atoms with E-state index in [9.17, 15) is 9.90 Å². The predicted octanol–water partition coefficient (Wildman–Crippen LogP) is 1.72. The number of rotatable bonds is 7. The van der Waals surface area contributed by atoms with Crippen molar-refractivity contribution in [3.05, 3.63) is 35.9 Å². The smallest absolute Gasteiger partial charge is 0.323 e. The van der Waals surface area contributed by atoms with E-state index in [2.05, 4.69) is 5.32 Å². The highest BCUT2D eigenvalue weighted by atomic mass is 16.5. The van der Waals surface area contributed by atoms with E-state index in [0.717, 1.165) is 5.56 Å². The van der Waals surface area contributed by atoms with E-state index in [1.807, 2.05) is 37.3 Å². The minimum absolute atomic E-state index is 0.206. The maximum absolute atomic E-state index is 11.9. The summed E-state index contributed by atoms with van der Waals surface area (Å²) < 4.78 is 5.05. The van der Waals surface area contributed by atoms with Gasteiger partial charge in [-0.2, -0.15) is 0 Å². The van der Waals surface area contributed by atoms with Crippen molar-refractivity contribution in [3.8, 4) is 0 Å². The molecule has 0 bridgehead atoms. The van der Waals surface area contributed by atoms with E-state index in [1.54, 1.807) is 13.8 Å². The Morgan fingerprint density at radius 1 is 1.32 bits per heavy atom. The Hall–Kier alpha value is -1.39. The molecule has 0 amide bonds. The fraction of sp³-hybridized carbons (Fsp3) is 0.533. The fourth-order valence-electron chi connectivity index (χ4n) is 1.82. The molecule has 0 radical (unpaired) electrons. The van der Waals surface area contributed by atoms with Crippen LogP contribution in [0.2, 0.25) is 0 Å². The number of nitrogens with one attached hydrogen (secondary N) is 1. The van der Waals surface area contributed by atoms with Crippen molar-refractivity contribution in [2.24, 2.45) is 5.92 Å². The molecule has 1 rings (SSSR count). The van der Waals surface area contributed by atoms with Gasteiger partial charge in [-0.15, -0.1) is 0 Å². The van der Waals surface area contributed by atoms with Gasteiger partial charge >= 0.3 is 5.97 Å². The first-order valence-corrected chi connectivity index (χ1v) is 6.68. The zero-order valence-corrected chi connectivity index (χ0v) is 11.8. The summed E-state index contributed by atoms with van der Waals surface area (Å²) in [4.78, 5) is 11.9. The molecular weight excluding hydrogens is 242 g/mol. The van der Waals surface area contributed by atoms with Crippen LogP contribution in [0.15, 0.2) is 30.3 Å². The van der Waals surface area contributed by atoms with Gasteiger partial charge in [-0.05, 0) is 19.4 Å². The molecule has 19 heavy (non-hydrogen) atoms.